The van der Waals surface area contributed by atoms with Gasteiger partial charge in [-0.1, -0.05) is 19.3 Å². The van der Waals surface area contributed by atoms with Crippen LogP contribution in [0.25, 0.3) is 0 Å². The molecule has 1 aromatic rings. The molecule has 2 unspecified atom stereocenters. The van der Waals surface area contributed by atoms with Crippen LogP contribution in [0.4, 0.5) is 11.4 Å². The average Bonchev–Trinajstić information content (AvgIpc) is 3.05. The van der Waals surface area contributed by atoms with E-state index in [0.29, 0.717) is 25.2 Å². The average molecular weight is 447 g/mol. The molecular weight excluding hydrogens is 415 g/mol. The van der Waals surface area contributed by atoms with Crippen molar-refractivity contribution in [1.82, 2.24) is 10.2 Å². The molecule has 2 heterocycles. The lowest BCUT2D eigenvalue weighted by Crippen LogP contribution is -2.35. The van der Waals surface area contributed by atoms with E-state index in [0.717, 1.165) is 31.6 Å². The predicted molar refractivity (Wildman–Crippen MR) is 120 cm³/mol. The normalized spacial score (nSPS) is 22.4. The van der Waals surface area contributed by atoms with Gasteiger partial charge in [0.25, 0.3) is 0 Å². The van der Waals surface area contributed by atoms with Crippen molar-refractivity contribution in [3.63, 3.8) is 0 Å². The minimum Gasteiger partial charge on any atom is -0.392 e. The molecule has 3 rings (SSSR count). The van der Waals surface area contributed by atoms with Crippen molar-refractivity contribution < 1.29 is 14.7 Å². The van der Waals surface area contributed by atoms with Crippen molar-refractivity contribution in [3.05, 3.63) is 24.3 Å². The minimum atomic E-state index is -0.466. The van der Waals surface area contributed by atoms with Gasteiger partial charge in [-0.05, 0) is 56.6 Å². The molecule has 0 radical (unpaired) electrons. The van der Waals surface area contributed by atoms with Crippen LogP contribution in [-0.2, 0) is 9.59 Å². The lowest BCUT2D eigenvalue weighted by Gasteiger charge is -2.23. The van der Waals surface area contributed by atoms with E-state index in [4.69, 9.17) is 0 Å². The van der Waals surface area contributed by atoms with Crippen LogP contribution in [0, 0.1) is 0 Å². The zero-order chi connectivity index (χ0) is 19.1. The van der Waals surface area contributed by atoms with Gasteiger partial charge in [0.1, 0.15) is 0 Å². The van der Waals surface area contributed by atoms with Crippen molar-refractivity contribution in [1.29, 1.82) is 0 Å². The van der Waals surface area contributed by atoms with Crippen LogP contribution >= 0.6 is 24.8 Å². The van der Waals surface area contributed by atoms with E-state index < -0.39 is 6.10 Å². The SMILES string of the molecule is Cl.Cl.O=C(CN1CCCCCCC1)Nc1ccc(NC(=O)C2CC(O)CN2)cc1. The van der Waals surface area contributed by atoms with Crippen LogP contribution in [0.5, 0.6) is 0 Å². The quantitative estimate of drug-likeness (QED) is 0.556. The van der Waals surface area contributed by atoms with Crippen molar-refractivity contribution >= 4 is 48.0 Å². The topological polar surface area (TPSA) is 93.7 Å². The Hall–Kier alpha value is -1.38. The number of hydrogen-bond acceptors (Lipinski definition) is 5. The van der Waals surface area contributed by atoms with E-state index in [-0.39, 0.29) is 42.7 Å². The summed E-state index contributed by atoms with van der Waals surface area (Å²) in [5.74, 6) is -0.156. The molecule has 7 nitrogen and oxygen atoms in total. The van der Waals surface area contributed by atoms with Crippen LogP contribution in [0.15, 0.2) is 24.3 Å². The van der Waals surface area contributed by atoms with E-state index >= 15 is 0 Å². The van der Waals surface area contributed by atoms with E-state index in [1.807, 2.05) is 0 Å². The zero-order valence-corrected chi connectivity index (χ0v) is 18.2. The van der Waals surface area contributed by atoms with Crippen molar-refractivity contribution in [2.24, 2.45) is 0 Å². The Bertz CT molecular complexity index is 637. The van der Waals surface area contributed by atoms with Crippen molar-refractivity contribution in [2.45, 2.75) is 50.7 Å². The van der Waals surface area contributed by atoms with Gasteiger partial charge in [-0.15, -0.1) is 24.8 Å². The molecule has 2 amide bonds. The van der Waals surface area contributed by atoms with Crippen LogP contribution in [0.2, 0.25) is 0 Å². The number of hydrogen-bond donors (Lipinski definition) is 4. The summed E-state index contributed by atoms with van der Waals surface area (Å²) in [6, 6.07) is 6.76. The smallest absolute Gasteiger partial charge is 0.241 e. The summed E-state index contributed by atoms with van der Waals surface area (Å²) in [6.07, 6.45) is 6.09. The molecule has 2 fully saturated rings. The molecule has 1 aromatic carbocycles. The highest BCUT2D eigenvalue weighted by Gasteiger charge is 2.27. The largest absolute Gasteiger partial charge is 0.392 e. The van der Waals surface area contributed by atoms with Gasteiger partial charge in [-0.25, -0.2) is 0 Å². The molecule has 4 N–H and O–H groups in total. The number of nitrogens with one attached hydrogen (secondary N) is 3. The number of amides is 2. The van der Waals surface area contributed by atoms with E-state index in [2.05, 4.69) is 20.9 Å². The van der Waals surface area contributed by atoms with E-state index in [1.165, 1.54) is 19.3 Å². The Kier molecular flexibility index (Phi) is 11.5. The highest BCUT2D eigenvalue weighted by molar-refractivity contribution is 5.96. The van der Waals surface area contributed by atoms with Crippen LogP contribution in [0.1, 0.15) is 38.5 Å². The number of rotatable bonds is 5. The molecule has 2 aliphatic heterocycles. The van der Waals surface area contributed by atoms with Gasteiger partial charge in [0.05, 0.1) is 18.7 Å². The molecular formula is C20H32Cl2N4O3. The summed E-state index contributed by atoms with van der Waals surface area (Å²) in [4.78, 5) is 26.7. The maximum Gasteiger partial charge on any atom is 0.241 e. The maximum absolute atomic E-state index is 12.3. The van der Waals surface area contributed by atoms with Crippen LogP contribution in [-0.4, -0.2) is 60.1 Å². The predicted octanol–water partition coefficient (Wildman–Crippen LogP) is 2.40. The fourth-order valence-electron chi connectivity index (χ4n) is 3.66. The Morgan fingerprint density at radius 1 is 0.966 bits per heavy atom. The zero-order valence-electron chi connectivity index (χ0n) is 16.6. The fourth-order valence-corrected chi connectivity index (χ4v) is 3.66. The third kappa shape index (κ3) is 8.48. The highest BCUT2D eigenvalue weighted by atomic mass is 35.5. The van der Waals surface area contributed by atoms with Gasteiger partial charge in [-0.2, -0.15) is 0 Å². The standard InChI is InChI=1S/C20H30N4O3.2ClH/c25-17-12-18(21-13-17)20(27)23-16-8-6-15(7-9-16)22-19(26)14-24-10-4-2-1-3-5-11-24;;/h6-9,17-18,21,25H,1-5,10-14H2,(H,22,26)(H,23,27);2*1H. The molecule has 0 aliphatic carbocycles. The Morgan fingerprint density at radius 3 is 2.07 bits per heavy atom. The van der Waals surface area contributed by atoms with Gasteiger partial charge < -0.3 is 21.1 Å². The lowest BCUT2D eigenvalue weighted by atomic mass is 10.1. The van der Waals surface area contributed by atoms with E-state index in [1.54, 1.807) is 24.3 Å². The fraction of sp³-hybridized carbons (Fsp3) is 0.600. The maximum atomic E-state index is 12.3. The van der Waals surface area contributed by atoms with Gasteiger partial charge in [0.15, 0.2) is 0 Å². The van der Waals surface area contributed by atoms with Crippen LogP contribution < -0.4 is 16.0 Å². The summed E-state index contributed by atoms with van der Waals surface area (Å²) in [5.41, 5.74) is 1.39. The number of anilines is 2. The number of aliphatic hydroxyl groups excluding tert-OH is 1. The van der Waals surface area contributed by atoms with Gasteiger partial charge in [0.2, 0.25) is 11.8 Å². The molecule has 0 aromatic heterocycles. The third-order valence-electron chi connectivity index (χ3n) is 5.18. The second-order valence-electron chi connectivity index (χ2n) is 7.51. The Labute approximate surface area is 184 Å². The molecule has 164 valence electrons. The molecule has 2 atom stereocenters. The third-order valence-corrected chi connectivity index (χ3v) is 5.18. The number of benzene rings is 1. The van der Waals surface area contributed by atoms with Gasteiger partial charge >= 0.3 is 0 Å². The Balaban J connectivity index is 0.00000210. The summed E-state index contributed by atoms with van der Waals surface area (Å²) in [5, 5.41) is 18.2. The molecule has 2 aliphatic rings. The number of carbonyl (C=O) groups excluding carboxylic acids is 2. The molecule has 0 bridgehead atoms. The summed E-state index contributed by atoms with van der Waals surface area (Å²) >= 11 is 0. The number of aliphatic hydroxyl groups is 1. The number of carbonyl (C=O) groups is 2. The van der Waals surface area contributed by atoms with Gasteiger partial charge in [0, 0.05) is 17.9 Å². The first-order valence-electron chi connectivity index (χ1n) is 9.95. The highest BCUT2D eigenvalue weighted by Crippen LogP contribution is 2.16. The van der Waals surface area contributed by atoms with Crippen LogP contribution in [0.3, 0.4) is 0 Å². The molecule has 9 heteroatoms. The van der Waals surface area contributed by atoms with Crippen molar-refractivity contribution in [3.8, 4) is 0 Å². The first-order chi connectivity index (χ1) is 13.1. The first kappa shape index (κ1) is 25.7. The number of likely N-dealkylation sites (tertiary alicyclic amines) is 1. The number of β-amino-alcohol motifs (C(OH)–C–C–N with tert-alkyl or cyclic N) is 1. The first-order valence-corrected chi connectivity index (χ1v) is 9.95. The number of halogens is 2. The minimum absolute atomic E-state index is 0. The number of nitrogens with zero attached hydrogens (tertiary/aromatic N) is 1. The molecule has 29 heavy (non-hydrogen) atoms. The lowest BCUT2D eigenvalue weighted by molar-refractivity contribution is -0.118. The summed E-state index contributed by atoms with van der Waals surface area (Å²) < 4.78 is 0. The molecule has 0 spiro atoms. The summed E-state index contributed by atoms with van der Waals surface area (Å²) in [6.45, 7) is 2.85. The Morgan fingerprint density at radius 2 is 1.52 bits per heavy atom. The van der Waals surface area contributed by atoms with Gasteiger partial charge in [-0.3, -0.25) is 14.5 Å². The second-order valence-corrected chi connectivity index (χ2v) is 7.51. The summed E-state index contributed by atoms with van der Waals surface area (Å²) in [7, 11) is 0. The monoisotopic (exact) mass is 446 g/mol. The van der Waals surface area contributed by atoms with Crippen molar-refractivity contribution in [2.75, 3.05) is 36.8 Å². The second kappa shape index (κ2) is 13.0. The molecule has 2 saturated heterocycles. The molecule has 0 saturated carbocycles. The van der Waals surface area contributed by atoms with E-state index in [9.17, 15) is 14.7 Å².